The molecule has 1 aliphatic rings. The van der Waals surface area contributed by atoms with E-state index < -0.39 is 23.6 Å². The van der Waals surface area contributed by atoms with Crippen molar-refractivity contribution in [1.82, 2.24) is 5.32 Å². The van der Waals surface area contributed by atoms with E-state index >= 15 is 0 Å². The summed E-state index contributed by atoms with van der Waals surface area (Å²) in [6.07, 6.45) is 6.00. The molecule has 1 amide bonds. The smallest absolute Gasteiger partial charge is 0.250 e. The molecule has 1 fully saturated rings. The molecule has 140 valence electrons. The lowest BCUT2D eigenvalue weighted by molar-refractivity contribution is -0.132. The summed E-state index contributed by atoms with van der Waals surface area (Å²) in [5.41, 5.74) is 6.45. The number of nitrogens with two attached hydrogens (primary N) is 1. The summed E-state index contributed by atoms with van der Waals surface area (Å²) >= 11 is 0. The van der Waals surface area contributed by atoms with Crippen molar-refractivity contribution in [3.63, 3.8) is 0 Å². The number of rotatable bonds is 7. The number of amides is 1. The van der Waals surface area contributed by atoms with Crippen LogP contribution in [0.15, 0.2) is 24.3 Å². The fraction of sp³-hybridized carbons (Fsp3) is 0.650. The van der Waals surface area contributed by atoms with E-state index in [1.807, 2.05) is 13.8 Å². The molecule has 5 heteroatoms. The van der Waals surface area contributed by atoms with Crippen molar-refractivity contribution in [3.8, 4) is 0 Å². The number of hydrogen-bond acceptors (Lipinski definition) is 3. The van der Waals surface area contributed by atoms with Gasteiger partial charge in [0.05, 0.1) is 0 Å². The minimum absolute atomic E-state index is 0.283. The van der Waals surface area contributed by atoms with Gasteiger partial charge in [0.15, 0.2) is 0 Å². The molecule has 25 heavy (non-hydrogen) atoms. The second kappa shape index (κ2) is 8.77. The van der Waals surface area contributed by atoms with Gasteiger partial charge >= 0.3 is 0 Å². The van der Waals surface area contributed by atoms with Gasteiger partial charge in [-0.2, -0.15) is 0 Å². The molecule has 0 aliphatic heterocycles. The Balaban J connectivity index is 1.86. The lowest BCUT2D eigenvalue weighted by Gasteiger charge is -2.30. The highest BCUT2D eigenvalue weighted by atomic mass is 19.1. The van der Waals surface area contributed by atoms with Crippen molar-refractivity contribution < 1.29 is 14.3 Å². The van der Waals surface area contributed by atoms with Gasteiger partial charge in [0.1, 0.15) is 11.9 Å². The molecule has 1 aliphatic carbocycles. The van der Waals surface area contributed by atoms with Crippen LogP contribution in [-0.2, 0) is 11.2 Å². The first kappa shape index (κ1) is 19.9. The average Bonchev–Trinajstić information content (AvgIpc) is 2.56. The molecular formula is C20H31FN2O2. The fourth-order valence-electron chi connectivity index (χ4n) is 3.70. The van der Waals surface area contributed by atoms with Crippen LogP contribution in [0.2, 0.25) is 0 Å². The first-order valence-electron chi connectivity index (χ1n) is 9.27. The molecule has 0 spiro atoms. The van der Waals surface area contributed by atoms with Crippen LogP contribution in [0.5, 0.6) is 0 Å². The van der Waals surface area contributed by atoms with Gasteiger partial charge in [-0.05, 0) is 50.3 Å². The van der Waals surface area contributed by atoms with Crippen molar-refractivity contribution in [2.45, 2.75) is 76.5 Å². The number of carbonyl (C=O) groups excluding carboxylic acids is 1. The predicted octanol–water partition coefficient (Wildman–Crippen LogP) is 2.92. The van der Waals surface area contributed by atoms with Gasteiger partial charge < -0.3 is 16.2 Å². The van der Waals surface area contributed by atoms with Gasteiger partial charge in [-0.3, -0.25) is 4.79 Å². The van der Waals surface area contributed by atoms with Crippen molar-refractivity contribution in [1.29, 1.82) is 0 Å². The Morgan fingerprint density at radius 3 is 2.48 bits per heavy atom. The summed E-state index contributed by atoms with van der Waals surface area (Å²) < 4.78 is 13.0. The molecule has 1 unspecified atom stereocenters. The van der Waals surface area contributed by atoms with Crippen molar-refractivity contribution in [2.24, 2.45) is 11.7 Å². The third-order valence-corrected chi connectivity index (χ3v) is 5.03. The summed E-state index contributed by atoms with van der Waals surface area (Å²) in [6.45, 7) is 3.77. The van der Waals surface area contributed by atoms with E-state index in [9.17, 15) is 14.3 Å². The molecule has 0 radical (unpaired) electrons. The van der Waals surface area contributed by atoms with E-state index in [1.165, 1.54) is 31.4 Å². The Bertz CT molecular complexity index is 553. The average molecular weight is 350 g/mol. The maximum atomic E-state index is 13.0. The SMILES string of the molecule is CC(C)(Cc1ccc(F)cc1)NC(=O)C(O)[C@H](N)CC1CCCCC1. The van der Waals surface area contributed by atoms with Gasteiger partial charge in [-0.1, -0.05) is 44.2 Å². The van der Waals surface area contributed by atoms with Gasteiger partial charge in [0.2, 0.25) is 0 Å². The van der Waals surface area contributed by atoms with E-state index in [2.05, 4.69) is 5.32 Å². The van der Waals surface area contributed by atoms with Crippen LogP contribution in [0.3, 0.4) is 0 Å². The zero-order chi connectivity index (χ0) is 18.4. The molecule has 1 aromatic carbocycles. The number of halogens is 1. The van der Waals surface area contributed by atoms with Crippen molar-refractivity contribution >= 4 is 5.91 Å². The second-order valence-corrected chi connectivity index (χ2v) is 8.02. The van der Waals surface area contributed by atoms with Crippen LogP contribution in [0.25, 0.3) is 0 Å². The van der Waals surface area contributed by atoms with Gasteiger partial charge in [0, 0.05) is 11.6 Å². The number of nitrogens with one attached hydrogen (secondary N) is 1. The Hall–Kier alpha value is -1.46. The second-order valence-electron chi connectivity index (χ2n) is 8.02. The molecule has 4 N–H and O–H groups in total. The molecule has 0 aromatic heterocycles. The molecular weight excluding hydrogens is 319 g/mol. The number of aliphatic hydroxyl groups excluding tert-OH is 1. The number of benzene rings is 1. The van der Waals surface area contributed by atoms with E-state index in [0.29, 0.717) is 18.8 Å². The summed E-state index contributed by atoms with van der Waals surface area (Å²) in [4.78, 5) is 12.4. The van der Waals surface area contributed by atoms with E-state index in [4.69, 9.17) is 5.73 Å². The highest BCUT2D eigenvalue weighted by Gasteiger charge is 2.30. The molecule has 0 bridgehead atoms. The molecule has 4 nitrogen and oxygen atoms in total. The minimum atomic E-state index is -1.20. The monoisotopic (exact) mass is 350 g/mol. The maximum Gasteiger partial charge on any atom is 0.250 e. The van der Waals surface area contributed by atoms with E-state index in [1.54, 1.807) is 12.1 Å². The summed E-state index contributed by atoms with van der Waals surface area (Å²) in [5.74, 6) is -0.205. The first-order valence-corrected chi connectivity index (χ1v) is 9.27. The van der Waals surface area contributed by atoms with Crippen molar-refractivity contribution in [3.05, 3.63) is 35.6 Å². The third-order valence-electron chi connectivity index (χ3n) is 5.03. The molecule has 2 rings (SSSR count). The van der Waals surface area contributed by atoms with Crippen LogP contribution >= 0.6 is 0 Å². The topological polar surface area (TPSA) is 75.3 Å². The fourth-order valence-corrected chi connectivity index (χ4v) is 3.70. The molecule has 2 atom stereocenters. The zero-order valence-electron chi connectivity index (χ0n) is 15.3. The normalized spacial score (nSPS) is 18.6. The molecule has 0 saturated heterocycles. The van der Waals surface area contributed by atoms with E-state index in [-0.39, 0.29) is 5.82 Å². The first-order chi connectivity index (χ1) is 11.8. The molecule has 1 saturated carbocycles. The molecule has 1 aromatic rings. The van der Waals surface area contributed by atoms with E-state index in [0.717, 1.165) is 18.4 Å². The Labute approximate surface area is 150 Å². The third kappa shape index (κ3) is 6.40. The Morgan fingerprint density at radius 2 is 1.88 bits per heavy atom. The maximum absolute atomic E-state index is 13.0. The van der Waals surface area contributed by atoms with Crippen LogP contribution < -0.4 is 11.1 Å². The molecule has 0 heterocycles. The number of hydrogen-bond donors (Lipinski definition) is 3. The quantitative estimate of drug-likeness (QED) is 0.708. The highest BCUT2D eigenvalue weighted by molar-refractivity contribution is 5.82. The van der Waals surface area contributed by atoms with Crippen molar-refractivity contribution in [2.75, 3.05) is 0 Å². The predicted molar refractivity (Wildman–Crippen MR) is 97.5 cm³/mol. The van der Waals surface area contributed by atoms with Gasteiger partial charge in [0.25, 0.3) is 5.91 Å². The standard InChI is InChI=1S/C20H31FN2O2/c1-20(2,13-15-8-10-16(21)11-9-15)23-19(25)18(24)17(22)12-14-6-4-3-5-7-14/h8-11,14,17-18,24H,3-7,12-13,22H2,1-2H3,(H,23,25)/t17-,18?/m1/s1. The Kier molecular flexibility index (Phi) is 6.96. The van der Waals surface area contributed by atoms with Crippen LogP contribution in [-0.4, -0.2) is 28.7 Å². The summed E-state index contributed by atoms with van der Waals surface area (Å²) in [6, 6.07) is 5.68. The van der Waals surface area contributed by atoms with Gasteiger partial charge in [-0.25, -0.2) is 4.39 Å². The Morgan fingerprint density at radius 1 is 1.28 bits per heavy atom. The van der Waals surface area contributed by atoms with Crippen LogP contribution in [0.1, 0.15) is 57.9 Å². The lowest BCUT2D eigenvalue weighted by Crippen LogP contribution is -2.54. The largest absolute Gasteiger partial charge is 0.382 e. The van der Waals surface area contributed by atoms with Gasteiger partial charge in [-0.15, -0.1) is 0 Å². The lowest BCUT2D eigenvalue weighted by atomic mass is 9.83. The van der Waals surface area contributed by atoms with Crippen LogP contribution in [0.4, 0.5) is 4.39 Å². The summed E-state index contributed by atoms with van der Waals surface area (Å²) in [5, 5.41) is 13.2. The minimum Gasteiger partial charge on any atom is -0.382 e. The number of carbonyl (C=O) groups is 1. The summed E-state index contributed by atoms with van der Waals surface area (Å²) in [7, 11) is 0. The zero-order valence-corrected chi connectivity index (χ0v) is 15.3. The van der Waals surface area contributed by atoms with Crippen LogP contribution in [0, 0.1) is 11.7 Å². The highest BCUT2D eigenvalue weighted by Crippen LogP contribution is 2.27. The number of aliphatic hydroxyl groups is 1.